The van der Waals surface area contributed by atoms with E-state index in [0.29, 0.717) is 16.7 Å². The van der Waals surface area contributed by atoms with Gasteiger partial charge in [0.25, 0.3) is 0 Å². The van der Waals surface area contributed by atoms with Crippen molar-refractivity contribution < 1.29 is 9.90 Å². The van der Waals surface area contributed by atoms with Gasteiger partial charge in [-0.05, 0) is 44.6 Å². The maximum absolute atomic E-state index is 11.5. The van der Waals surface area contributed by atoms with E-state index >= 15 is 0 Å². The molecule has 0 unspecified atom stereocenters. The van der Waals surface area contributed by atoms with Gasteiger partial charge < -0.3 is 10.0 Å². The van der Waals surface area contributed by atoms with Crippen molar-refractivity contribution in [2.24, 2.45) is 5.41 Å². The van der Waals surface area contributed by atoms with E-state index in [2.05, 4.69) is 23.7 Å². The molecule has 4 heteroatoms. The predicted molar refractivity (Wildman–Crippen MR) is 80.5 cm³/mol. The summed E-state index contributed by atoms with van der Waals surface area (Å²) in [6.45, 7) is 10.0. The molecule has 4 nitrogen and oxygen atoms in total. The quantitative estimate of drug-likeness (QED) is 0.915. The van der Waals surface area contributed by atoms with E-state index in [-0.39, 0.29) is 0 Å². The molecular formula is C16H24N2O2. The smallest absolute Gasteiger partial charge is 0.339 e. The average Bonchev–Trinajstić information content (AvgIpc) is 2.82. The number of hydrogen-bond donors (Lipinski definition) is 1. The summed E-state index contributed by atoms with van der Waals surface area (Å²) in [6.07, 6.45) is 3.43. The molecule has 20 heavy (non-hydrogen) atoms. The number of carboxylic acids is 1. The Morgan fingerprint density at radius 1 is 1.40 bits per heavy atom. The molecule has 1 saturated heterocycles. The Hall–Kier alpha value is -1.58. The van der Waals surface area contributed by atoms with Crippen LogP contribution in [0.5, 0.6) is 0 Å². The monoisotopic (exact) mass is 276 g/mol. The van der Waals surface area contributed by atoms with Gasteiger partial charge in [0.1, 0.15) is 5.56 Å². The summed E-state index contributed by atoms with van der Waals surface area (Å²) < 4.78 is 0. The van der Waals surface area contributed by atoms with Gasteiger partial charge in [0.2, 0.25) is 0 Å². The average molecular weight is 276 g/mol. The second kappa shape index (κ2) is 5.43. The van der Waals surface area contributed by atoms with Crippen LogP contribution in [0.3, 0.4) is 0 Å². The van der Waals surface area contributed by atoms with Crippen LogP contribution in [-0.4, -0.2) is 29.1 Å². The molecule has 0 spiro atoms. The fraction of sp³-hybridized carbons (Fsp3) is 0.625. The molecule has 0 aliphatic carbocycles. The van der Waals surface area contributed by atoms with Crippen LogP contribution in [-0.2, 0) is 0 Å². The van der Waals surface area contributed by atoms with Gasteiger partial charge in [0.05, 0.1) is 11.4 Å². The zero-order chi connectivity index (χ0) is 14.9. The van der Waals surface area contributed by atoms with Gasteiger partial charge in [-0.3, -0.25) is 4.98 Å². The minimum Gasteiger partial charge on any atom is -0.478 e. The van der Waals surface area contributed by atoms with Crippen molar-refractivity contribution in [3.63, 3.8) is 0 Å². The Bertz CT molecular complexity index is 521. The first kappa shape index (κ1) is 14.8. The van der Waals surface area contributed by atoms with Gasteiger partial charge in [-0.25, -0.2) is 4.79 Å². The number of aromatic nitrogens is 1. The lowest BCUT2D eigenvalue weighted by molar-refractivity contribution is 0.0696. The first-order chi connectivity index (χ1) is 9.42. The lowest BCUT2D eigenvalue weighted by Gasteiger charge is -2.28. The molecular weight excluding hydrogens is 252 g/mol. The number of rotatable bonds is 4. The molecule has 0 aromatic carbocycles. The summed E-state index contributed by atoms with van der Waals surface area (Å²) in [5.74, 6) is -0.879. The van der Waals surface area contributed by atoms with Crippen LogP contribution in [0, 0.1) is 19.3 Å². The SMILES string of the molecule is CCC1(CC)CCN(c2cc(C)nc(C)c2C(=O)O)C1. The molecule has 1 aliphatic rings. The van der Waals surface area contributed by atoms with Gasteiger partial charge >= 0.3 is 5.97 Å². The lowest BCUT2D eigenvalue weighted by Crippen LogP contribution is -2.28. The standard InChI is InChI=1S/C16H24N2O2/c1-5-16(6-2)7-8-18(10-16)13-9-11(3)17-12(4)14(13)15(19)20/h9H,5-8,10H2,1-4H3,(H,19,20). The van der Waals surface area contributed by atoms with Gasteiger partial charge in [0.15, 0.2) is 0 Å². The van der Waals surface area contributed by atoms with E-state index in [1.165, 1.54) is 0 Å². The second-order valence-corrected chi connectivity index (χ2v) is 5.93. The second-order valence-electron chi connectivity index (χ2n) is 5.93. The molecule has 1 aromatic heterocycles. The van der Waals surface area contributed by atoms with E-state index in [0.717, 1.165) is 43.7 Å². The molecule has 0 amide bonds. The fourth-order valence-corrected chi connectivity index (χ4v) is 3.29. The van der Waals surface area contributed by atoms with Crippen LogP contribution in [0.2, 0.25) is 0 Å². The van der Waals surface area contributed by atoms with Crippen LogP contribution in [0.1, 0.15) is 54.9 Å². The summed E-state index contributed by atoms with van der Waals surface area (Å²) in [5.41, 5.74) is 3.02. The van der Waals surface area contributed by atoms with Gasteiger partial charge in [0, 0.05) is 18.8 Å². The van der Waals surface area contributed by atoms with Crippen molar-refractivity contribution in [1.82, 2.24) is 4.98 Å². The lowest BCUT2D eigenvalue weighted by atomic mass is 9.82. The molecule has 110 valence electrons. The van der Waals surface area contributed by atoms with Gasteiger partial charge in [-0.1, -0.05) is 13.8 Å². The van der Waals surface area contributed by atoms with Crippen molar-refractivity contribution in [3.05, 3.63) is 23.0 Å². The Morgan fingerprint density at radius 2 is 2.05 bits per heavy atom. The Morgan fingerprint density at radius 3 is 2.55 bits per heavy atom. The van der Waals surface area contributed by atoms with Crippen molar-refractivity contribution in [2.45, 2.75) is 47.0 Å². The number of carbonyl (C=O) groups is 1. The summed E-state index contributed by atoms with van der Waals surface area (Å²) in [4.78, 5) is 18.1. The Kier molecular flexibility index (Phi) is 4.02. The van der Waals surface area contributed by atoms with Crippen LogP contribution in [0.4, 0.5) is 5.69 Å². The molecule has 2 heterocycles. The van der Waals surface area contributed by atoms with E-state index < -0.39 is 5.97 Å². The number of hydrogen-bond acceptors (Lipinski definition) is 3. The number of aromatic carboxylic acids is 1. The highest BCUT2D eigenvalue weighted by Gasteiger charge is 2.36. The third-order valence-electron chi connectivity index (χ3n) is 4.80. The number of pyridine rings is 1. The Balaban J connectivity index is 2.41. The number of anilines is 1. The molecule has 0 bridgehead atoms. The predicted octanol–water partition coefficient (Wildman–Crippen LogP) is 3.41. The number of nitrogens with zero attached hydrogens (tertiary/aromatic N) is 2. The molecule has 1 N–H and O–H groups in total. The summed E-state index contributed by atoms with van der Waals surface area (Å²) >= 11 is 0. The van der Waals surface area contributed by atoms with Crippen molar-refractivity contribution in [1.29, 1.82) is 0 Å². The Labute approximate surface area is 120 Å². The number of carboxylic acid groups (broad SMARTS) is 1. The fourth-order valence-electron chi connectivity index (χ4n) is 3.29. The number of aryl methyl sites for hydroxylation is 2. The van der Waals surface area contributed by atoms with Gasteiger partial charge in [-0.2, -0.15) is 0 Å². The van der Waals surface area contributed by atoms with Crippen molar-refractivity contribution in [3.8, 4) is 0 Å². The molecule has 0 saturated carbocycles. The van der Waals surface area contributed by atoms with E-state index in [1.54, 1.807) is 6.92 Å². The summed E-state index contributed by atoms with van der Waals surface area (Å²) in [7, 11) is 0. The van der Waals surface area contributed by atoms with Crippen molar-refractivity contribution in [2.75, 3.05) is 18.0 Å². The molecule has 2 rings (SSSR count). The minimum atomic E-state index is -0.879. The zero-order valence-electron chi connectivity index (χ0n) is 12.9. The molecule has 0 atom stereocenters. The molecule has 1 aromatic rings. The first-order valence-electron chi connectivity index (χ1n) is 7.39. The topological polar surface area (TPSA) is 53.4 Å². The molecule has 0 radical (unpaired) electrons. The van der Waals surface area contributed by atoms with Crippen LogP contribution < -0.4 is 4.90 Å². The maximum Gasteiger partial charge on any atom is 0.339 e. The largest absolute Gasteiger partial charge is 0.478 e. The van der Waals surface area contributed by atoms with E-state index in [4.69, 9.17) is 0 Å². The zero-order valence-corrected chi connectivity index (χ0v) is 12.9. The van der Waals surface area contributed by atoms with Crippen LogP contribution >= 0.6 is 0 Å². The maximum atomic E-state index is 11.5. The molecule has 1 fully saturated rings. The molecule has 1 aliphatic heterocycles. The normalized spacial score (nSPS) is 17.5. The highest BCUT2D eigenvalue weighted by atomic mass is 16.4. The summed E-state index contributed by atoms with van der Waals surface area (Å²) in [5, 5.41) is 9.48. The third kappa shape index (κ3) is 2.51. The summed E-state index contributed by atoms with van der Waals surface area (Å²) in [6, 6.07) is 1.91. The highest BCUT2D eigenvalue weighted by molar-refractivity contribution is 5.95. The van der Waals surface area contributed by atoms with Crippen LogP contribution in [0.25, 0.3) is 0 Å². The van der Waals surface area contributed by atoms with Crippen molar-refractivity contribution >= 4 is 11.7 Å². The third-order valence-corrected chi connectivity index (χ3v) is 4.80. The van der Waals surface area contributed by atoms with E-state index in [1.807, 2.05) is 13.0 Å². The highest BCUT2D eigenvalue weighted by Crippen LogP contribution is 2.40. The first-order valence-corrected chi connectivity index (χ1v) is 7.39. The van der Waals surface area contributed by atoms with Crippen LogP contribution in [0.15, 0.2) is 6.07 Å². The minimum absolute atomic E-state index is 0.334. The van der Waals surface area contributed by atoms with E-state index in [9.17, 15) is 9.90 Å². The van der Waals surface area contributed by atoms with Gasteiger partial charge in [-0.15, -0.1) is 0 Å².